The van der Waals surface area contributed by atoms with Crippen LogP contribution >= 0.6 is 0 Å². The zero-order valence-corrected chi connectivity index (χ0v) is 15.5. The minimum atomic E-state index is -0.170. The van der Waals surface area contributed by atoms with Gasteiger partial charge < -0.3 is 14.6 Å². The Morgan fingerprint density at radius 1 is 1.19 bits per heavy atom. The summed E-state index contributed by atoms with van der Waals surface area (Å²) in [6.45, 7) is 1.78. The van der Waals surface area contributed by atoms with Crippen molar-refractivity contribution < 1.29 is 14.1 Å². The van der Waals surface area contributed by atoms with Crippen molar-refractivity contribution in [3.8, 4) is 17.1 Å². The smallest absolute Gasteiger partial charge is 0.257 e. The first-order valence-corrected chi connectivity index (χ1v) is 9.17. The van der Waals surface area contributed by atoms with Crippen molar-refractivity contribution in [3.63, 3.8) is 0 Å². The Balaban J connectivity index is 1.67. The van der Waals surface area contributed by atoms with Crippen molar-refractivity contribution in [2.75, 3.05) is 7.11 Å². The van der Waals surface area contributed by atoms with E-state index in [0.717, 1.165) is 24.8 Å². The number of nitrogens with zero attached hydrogens (tertiary/aromatic N) is 1. The molecule has 5 heteroatoms. The molecule has 0 spiro atoms. The van der Waals surface area contributed by atoms with Gasteiger partial charge in [-0.1, -0.05) is 41.6 Å². The zero-order valence-electron chi connectivity index (χ0n) is 15.5. The average Bonchev–Trinajstić information content (AvgIpc) is 3.09. The van der Waals surface area contributed by atoms with Crippen LogP contribution in [0.3, 0.4) is 0 Å². The summed E-state index contributed by atoms with van der Waals surface area (Å²) in [7, 11) is 1.60. The fourth-order valence-electron chi connectivity index (χ4n) is 3.79. The molecular formula is C22H22N2O3. The highest BCUT2D eigenvalue weighted by Crippen LogP contribution is 2.35. The second kappa shape index (κ2) is 7.27. The van der Waals surface area contributed by atoms with Crippen LogP contribution in [0.4, 0.5) is 0 Å². The summed E-state index contributed by atoms with van der Waals surface area (Å²) in [4.78, 5) is 13.1. The van der Waals surface area contributed by atoms with Gasteiger partial charge in [0.15, 0.2) is 5.76 Å². The third-order valence-electron chi connectivity index (χ3n) is 5.12. The van der Waals surface area contributed by atoms with Crippen LogP contribution in [-0.4, -0.2) is 18.2 Å². The van der Waals surface area contributed by atoms with Gasteiger partial charge in [0.2, 0.25) is 0 Å². The summed E-state index contributed by atoms with van der Waals surface area (Å²) >= 11 is 0. The fraction of sp³-hybridized carbons (Fsp3) is 0.273. The van der Waals surface area contributed by atoms with Gasteiger partial charge in [0.05, 0.1) is 24.4 Å². The molecule has 4 rings (SSSR count). The maximum Gasteiger partial charge on any atom is 0.257 e. The Kier molecular flexibility index (Phi) is 4.67. The van der Waals surface area contributed by atoms with E-state index >= 15 is 0 Å². The number of aromatic nitrogens is 1. The first-order valence-electron chi connectivity index (χ1n) is 9.17. The number of carbonyl (C=O) groups is 1. The van der Waals surface area contributed by atoms with Crippen LogP contribution in [0.15, 0.2) is 53.1 Å². The van der Waals surface area contributed by atoms with Gasteiger partial charge in [-0.2, -0.15) is 0 Å². The van der Waals surface area contributed by atoms with E-state index in [1.807, 2.05) is 36.4 Å². The molecule has 1 N–H and O–H groups in total. The number of fused-ring (bicyclic) bond motifs is 1. The molecule has 138 valence electrons. The number of para-hydroxylation sites is 1. The van der Waals surface area contributed by atoms with E-state index in [4.69, 9.17) is 9.26 Å². The Morgan fingerprint density at radius 2 is 1.96 bits per heavy atom. The molecule has 0 radical (unpaired) electrons. The lowest BCUT2D eigenvalue weighted by molar-refractivity contribution is 0.0932. The normalized spacial score (nSPS) is 15.9. The van der Waals surface area contributed by atoms with Crippen LogP contribution in [0.5, 0.6) is 5.75 Å². The number of amides is 1. The quantitative estimate of drug-likeness (QED) is 0.744. The summed E-state index contributed by atoms with van der Waals surface area (Å²) in [5.74, 6) is 0.911. The van der Waals surface area contributed by atoms with E-state index < -0.39 is 0 Å². The van der Waals surface area contributed by atoms with Crippen molar-refractivity contribution in [2.45, 2.75) is 32.2 Å². The van der Waals surface area contributed by atoms with Crippen LogP contribution in [0.2, 0.25) is 0 Å². The molecule has 0 aliphatic heterocycles. The van der Waals surface area contributed by atoms with Crippen LogP contribution in [-0.2, 0) is 6.42 Å². The maximum atomic E-state index is 13.1. The molecule has 0 unspecified atom stereocenters. The molecule has 2 aromatic carbocycles. The Bertz CT molecular complexity index is 977. The molecule has 27 heavy (non-hydrogen) atoms. The SMILES string of the molecule is COc1ccccc1-c1onc(C)c1C(=O)N[C@@H]1CCCc2ccccc21. The number of hydrogen-bond donors (Lipinski definition) is 1. The monoisotopic (exact) mass is 362 g/mol. The maximum absolute atomic E-state index is 13.1. The van der Waals surface area contributed by atoms with Gasteiger partial charge in [-0.15, -0.1) is 0 Å². The molecule has 1 aromatic heterocycles. The second-order valence-corrected chi connectivity index (χ2v) is 6.79. The standard InChI is InChI=1S/C22H22N2O3/c1-14-20(21(27-24-14)17-11-5-6-13-19(17)26-2)22(25)23-18-12-7-9-15-8-3-4-10-16(15)18/h3-6,8,10-11,13,18H,7,9,12H2,1-2H3,(H,23,25)/t18-/m1/s1. The molecule has 0 saturated carbocycles. The number of nitrogens with one attached hydrogen (secondary N) is 1. The molecule has 5 nitrogen and oxygen atoms in total. The second-order valence-electron chi connectivity index (χ2n) is 6.79. The van der Waals surface area contributed by atoms with Crippen LogP contribution in [0.25, 0.3) is 11.3 Å². The molecule has 1 heterocycles. The average molecular weight is 362 g/mol. The van der Waals surface area contributed by atoms with Crippen LogP contribution in [0.1, 0.15) is 46.1 Å². The first kappa shape index (κ1) is 17.3. The molecule has 3 aromatic rings. The number of benzene rings is 2. The van der Waals surface area contributed by atoms with Gasteiger partial charge in [0.25, 0.3) is 5.91 Å². The van der Waals surface area contributed by atoms with Gasteiger partial charge in [0.1, 0.15) is 11.3 Å². The van der Waals surface area contributed by atoms with E-state index in [9.17, 15) is 4.79 Å². The summed E-state index contributed by atoms with van der Waals surface area (Å²) in [5.41, 5.74) is 4.25. The summed E-state index contributed by atoms with van der Waals surface area (Å²) in [6, 6.07) is 15.8. The van der Waals surface area contributed by atoms with E-state index in [2.05, 4.69) is 22.6 Å². The third kappa shape index (κ3) is 3.21. The summed E-state index contributed by atoms with van der Waals surface area (Å²) < 4.78 is 10.9. The largest absolute Gasteiger partial charge is 0.496 e. The topological polar surface area (TPSA) is 64.4 Å². The minimum Gasteiger partial charge on any atom is -0.496 e. The molecule has 0 bridgehead atoms. The first-order chi connectivity index (χ1) is 13.2. The van der Waals surface area contributed by atoms with Crippen molar-refractivity contribution in [1.82, 2.24) is 10.5 Å². The highest BCUT2D eigenvalue weighted by atomic mass is 16.5. The summed E-state index contributed by atoms with van der Waals surface area (Å²) in [6.07, 6.45) is 3.04. The Hall–Kier alpha value is -3.08. The lowest BCUT2D eigenvalue weighted by atomic mass is 9.87. The highest BCUT2D eigenvalue weighted by Gasteiger charge is 2.27. The van der Waals surface area contributed by atoms with E-state index in [1.54, 1.807) is 14.0 Å². The number of ether oxygens (including phenoxy) is 1. The van der Waals surface area contributed by atoms with E-state index in [1.165, 1.54) is 11.1 Å². The Morgan fingerprint density at radius 3 is 2.81 bits per heavy atom. The lowest BCUT2D eigenvalue weighted by Crippen LogP contribution is -2.31. The van der Waals surface area contributed by atoms with Crippen molar-refractivity contribution in [3.05, 3.63) is 70.9 Å². The number of aryl methyl sites for hydroxylation is 2. The van der Waals surface area contributed by atoms with Crippen LogP contribution < -0.4 is 10.1 Å². The van der Waals surface area contributed by atoms with Gasteiger partial charge in [-0.05, 0) is 49.4 Å². The zero-order chi connectivity index (χ0) is 18.8. The molecule has 0 saturated heterocycles. The molecule has 1 atom stereocenters. The molecule has 1 aliphatic rings. The highest BCUT2D eigenvalue weighted by molar-refractivity contribution is 6.01. The predicted molar refractivity (Wildman–Crippen MR) is 103 cm³/mol. The number of hydrogen-bond acceptors (Lipinski definition) is 4. The van der Waals surface area contributed by atoms with Gasteiger partial charge in [0, 0.05) is 0 Å². The fourth-order valence-corrected chi connectivity index (χ4v) is 3.79. The molecule has 0 fully saturated rings. The van der Waals surface area contributed by atoms with Crippen LogP contribution in [0, 0.1) is 6.92 Å². The summed E-state index contributed by atoms with van der Waals surface area (Å²) in [5, 5.41) is 7.22. The van der Waals surface area contributed by atoms with E-state index in [-0.39, 0.29) is 11.9 Å². The predicted octanol–water partition coefficient (Wildman–Crippen LogP) is 4.47. The number of carbonyl (C=O) groups excluding carboxylic acids is 1. The molecule has 1 aliphatic carbocycles. The van der Waals surface area contributed by atoms with Gasteiger partial charge >= 0.3 is 0 Å². The van der Waals surface area contributed by atoms with E-state index in [0.29, 0.717) is 22.8 Å². The third-order valence-corrected chi connectivity index (χ3v) is 5.12. The van der Waals surface area contributed by atoms with Gasteiger partial charge in [-0.3, -0.25) is 4.79 Å². The molecule has 1 amide bonds. The van der Waals surface area contributed by atoms with Gasteiger partial charge in [-0.25, -0.2) is 0 Å². The lowest BCUT2D eigenvalue weighted by Gasteiger charge is -2.26. The molecular weight excluding hydrogens is 340 g/mol. The number of methoxy groups -OCH3 is 1. The minimum absolute atomic E-state index is 0.00210. The Labute approximate surface area is 158 Å². The number of rotatable bonds is 4. The van der Waals surface area contributed by atoms with Crippen molar-refractivity contribution >= 4 is 5.91 Å². The van der Waals surface area contributed by atoms with Crippen molar-refractivity contribution in [2.24, 2.45) is 0 Å². The van der Waals surface area contributed by atoms with Crippen molar-refractivity contribution in [1.29, 1.82) is 0 Å².